The van der Waals surface area contributed by atoms with E-state index in [1.807, 2.05) is 6.92 Å². The predicted molar refractivity (Wildman–Crippen MR) is 98.2 cm³/mol. The molecule has 1 aromatic rings. The molecule has 1 aromatic carbocycles. The maximum absolute atomic E-state index is 12.2. The predicted octanol–water partition coefficient (Wildman–Crippen LogP) is 2.36. The molecule has 0 spiro atoms. The normalized spacial score (nSPS) is 20.0. The first-order valence-electron chi connectivity index (χ1n) is 9.10. The van der Waals surface area contributed by atoms with Crippen molar-refractivity contribution in [1.82, 2.24) is 10.2 Å². The van der Waals surface area contributed by atoms with Gasteiger partial charge in [0.1, 0.15) is 0 Å². The Morgan fingerprint density at radius 2 is 2.00 bits per heavy atom. The molecule has 0 bridgehead atoms. The number of nitrogens with one attached hydrogen (secondary N) is 1. The number of nitrogens with zero attached hydrogens (tertiary/aromatic N) is 1. The molecule has 1 heterocycles. The Morgan fingerprint density at radius 1 is 1.33 bits per heavy atom. The van der Waals surface area contributed by atoms with Gasteiger partial charge in [0.25, 0.3) is 0 Å². The van der Waals surface area contributed by atoms with E-state index in [0.29, 0.717) is 19.0 Å². The topological polar surface area (TPSA) is 52.6 Å². The van der Waals surface area contributed by atoms with E-state index in [2.05, 4.69) is 43.1 Å². The van der Waals surface area contributed by atoms with Crippen molar-refractivity contribution in [2.75, 3.05) is 26.2 Å². The lowest BCUT2D eigenvalue weighted by atomic mass is 9.93. The van der Waals surface area contributed by atoms with Gasteiger partial charge in [-0.25, -0.2) is 0 Å². The molecule has 2 atom stereocenters. The Hall–Kier alpha value is -1.39. The third kappa shape index (κ3) is 5.32. The minimum atomic E-state index is -0.289. The molecule has 1 saturated heterocycles. The zero-order chi connectivity index (χ0) is 17.7. The summed E-state index contributed by atoms with van der Waals surface area (Å²) in [4.78, 5) is 14.4. The van der Waals surface area contributed by atoms with E-state index in [1.54, 1.807) is 0 Å². The first-order valence-corrected chi connectivity index (χ1v) is 9.10. The van der Waals surface area contributed by atoms with Crippen LogP contribution >= 0.6 is 0 Å². The van der Waals surface area contributed by atoms with Crippen LogP contribution in [0.1, 0.15) is 42.0 Å². The lowest BCUT2D eigenvalue weighted by Gasteiger charge is -2.33. The number of likely N-dealkylation sites (tertiary alicyclic amines) is 1. The van der Waals surface area contributed by atoms with Gasteiger partial charge in [-0.3, -0.25) is 9.69 Å². The molecule has 2 N–H and O–H groups in total. The highest BCUT2D eigenvalue weighted by Crippen LogP contribution is 2.19. The average Bonchev–Trinajstić information content (AvgIpc) is 2.50. The van der Waals surface area contributed by atoms with Crippen molar-refractivity contribution in [3.8, 4) is 0 Å². The van der Waals surface area contributed by atoms with Crippen molar-refractivity contribution in [1.29, 1.82) is 0 Å². The molecule has 0 aliphatic carbocycles. The molecule has 0 saturated carbocycles. The number of aryl methyl sites for hydroxylation is 3. The maximum atomic E-state index is 12.2. The highest BCUT2D eigenvalue weighted by atomic mass is 16.3. The summed E-state index contributed by atoms with van der Waals surface area (Å²) in [7, 11) is 0. The van der Waals surface area contributed by atoms with Crippen molar-refractivity contribution in [2.45, 2.75) is 53.1 Å². The van der Waals surface area contributed by atoms with Gasteiger partial charge in [-0.1, -0.05) is 17.7 Å². The summed E-state index contributed by atoms with van der Waals surface area (Å²) in [5.74, 6) is 0.382. The van der Waals surface area contributed by atoms with E-state index < -0.39 is 0 Å². The number of aliphatic hydroxyl groups excluding tert-OH is 1. The van der Waals surface area contributed by atoms with Crippen LogP contribution in [-0.2, 0) is 11.2 Å². The summed E-state index contributed by atoms with van der Waals surface area (Å²) in [5.41, 5.74) is 5.23. The zero-order valence-corrected chi connectivity index (χ0v) is 15.6. The monoisotopic (exact) mass is 332 g/mol. The van der Waals surface area contributed by atoms with E-state index in [0.717, 1.165) is 32.4 Å². The molecule has 1 aliphatic rings. The summed E-state index contributed by atoms with van der Waals surface area (Å²) in [5, 5.41) is 12.8. The first kappa shape index (κ1) is 18.9. The average molecular weight is 332 g/mol. The Bertz CT molecular complexity index is 546. The fourth-order valence-corrected chi connectivity index (χ4v) is 3.82. The van der Waals surface area contributed by atoms with Gasteiger partial charge >= 0.3 is 0 Å². The van der Waals surface area contributed by atoms with Crippen molar-refractivity contribution in [3.63, 3.8) is 0 Å². The van der Waals surface area contributed by atoms with Crippen LogP contribution in [0.5, 0.6) is 0 Å². The van der Waals surface area contributed by atoms with Gasteiger partial charge in [-0.05, 0) is 76.1 Å². The standard InChI is InChI=1S/C20H32N2O2/c1-14-10-15(2)19(16(3)11-14)7-8-21-20(24)13-22-9-5-6-18(12-22)17(4)23/h10-11,17-18,23H,5-9,12-13H2,1-4H3,(H,21,24). The Labute approximate surface area is 146 Å². The van der Waals surface area contributed by atoms with Crippen LogP contribution in [0, 0.1) is 26.7 Å². The third-order valence-electron chi connectivity index (χ3n) is 5.13. The molecule has 24 heavy (non-hydrogen) atoms. The number of rotatable bonds is 6. The molecule has 4 heteroatoms. The van der Waals surface area contributed by atoms with E-state index in [9.17, 15) is 9.90 Å². The van der Waals surface area contributed by atoms with Gasteiger partial charge in [-0.15, -0.1) is 0 Å². The van der Waals surface area contributed by atoms with Crippen LogP contribution in [0.4, 0.5) is 0 Å². The molecule has 0 aromatic heterocycles. The van der Waals surface area contributed by atoms with Crippen LogP contribution in [0.3, 0.4) is 0 Å². The number of piperidine rings is 1. The van der Waals surface area contributed by atoms with E-state index >= 15 is 0 Å². The van der Waals surface area contributed by atoms with Gasteiger partial charge < -0.3 is 10.4 Å². The SMILES string of the molecule is Cc1cc(C)c(CCNC(=O)CN2CCCC(C(C)O)C2)c(C)c1. The zero-order valence-electron chi connectivity index (χ0n) is 15.6. The molecule has 1 fully saturated rings. The molecule has 2 unspecified atom stereocenters. The molecular weight excluding hydrogens is 300 g/mol. The van der Waals surface area contributed by atoms with Crippen molar-refractivity contribution in [2.24, 2.45) is 5.92 Å². The number of carbonyl (C=O) groups excluding carboxylic acids is 1. The number of hydrogen-bond acceptors (Lipinski definition) is 3. The smallest absolute Gasteiger partial charge is 0.234 e. The fourth-order valence-electron chi connectivity index (χ4n) is 3.82. The quantitative estimate of drug-likeness (QED) is 0.841. The molecule has 4 nitrogen and oxygen atoms in total. The van der Waals surface area contributed by atoms with Gasteiger partial charge in [0.2, 0.25) is 5.91 Å². The minimum absolute atomic E-state index is 0.0867. The molecule has 1 amide bonds. The highest BCUT2D eigenvalue weighted by molar-refractivity contribution is 5.78. The molecule has 2 rings (SSSR count). The van der Waals surface area contributed by atoms with E-state index in [4.69, 9.17) is 0 Å². The highest BCUT2D eigenvalue weighted by Gasteiger charge is 2.24. The second-order valence-corrected chi connectivity index (χ2v) is 7.36. The lowest BCUT2D eigenvalue weighted by molar-refractivity contribution is -0.122. The number of carbonyl (C=O) groups is 1. The van der Waals surface area contributed by atoms with Gasteiger partial charge in [-0.2, -0.15) is 0 Å². The molecule has 134 valence electrons. The summed E-state index contributed by atoms with van der Waals surface area (Å²) < 4.78 is 0. The van der Waals surface area contributed by atoms with E-state index in [1.165, 1.54) is 22.3 Å². The summed E-state index contributed by atoms with van der Waals surface area (Å²) in [6, 6.07) is 4.40. The second-order valence-electron chi connectivity index (χ2n) is 7.36. The fraction of sp³-hybridized carbons (Fsp3) is 0.650. The number of hydrogen-bond donors (Lipinski definition) is 2. The third-order valence-corrected chi connectivity index (χ3v) is 5.13. The number of aliphatic hydroxyl groups is 1. The van der Waals surface area contributed by atoms with Crippen LogP contribution in [0.15, 0.2) is 12.1 Å². The van der Waals surface area contributed by atoms with Gasteiger partial charge in [0.15, 0.2) is 0 Å². The second kappa shape index (κ2) is 8.63. The Morgan fingerprint density at radius 3 is 2.62 bits per heavy atom. The lowest BCUT2D eigenvalue weighted by Crippen LogP contribution is -2.45. The Kier molecular flexibility index (Phi) is 6.81. The minimum Gasteiger partial charge on any atom is -0.393 e. The van der Waals surface area contributed by atoms with Gasteiger partial charge in [0.05, 0.1) is 12.6 Å². The molecular formula is C20H32N2O2. The van der Waals surface area contributed by atoms with Crippen LogP contribution in [0.2, 0.25) is 0 Å². The van der Waals surface area contributed by atoms with Gasteiger partial charge in [0, 0.05) is 13.1 Å². The first-order chi connectivity index (χ1) is 11.4. The summed E-state index contributed by atoms with van der Waals surface area (Å²) >= 11 is 0. The van der Waals surface area contributed by atoms with Crippen molar-refractivity contribution >= 4 is 5.91 Å². The number of amides is 1. The van der Waals surface area contributed by atoms with E-state index in [-0.39, 0.29) is 12.0 Å². The van der Waals surface area contributed by atoms with Crippen molar-refractivity contribution in [3.05, 3.63) is 34.4 Å². The largest absolute Gasteiger partial charge is 0.393 e. The summed E-state index contributed by atoms with van der Waals surface area (Å²) in [6.07, 6.45) is 2.70. The van der Waals surface area contributed by atoms with Crippen molar-refractivity contribution < 1.29 is 9.90 Å². The van der Waals surface area contributed by atoms with Crippen LogP contribution < -0.4 is 5.32 Å². The maximum Gasteiger partial charge on any atom is 0.234 e. The molecule has 0 radical (unpaired) electrons. The molecule has 1 aliphatic heterocycles. The summed E-state index contributed by atoms with van der Waals surface area (Å²) in [6.45, 7) is 11.1. The number of benzene rings is 1. The van der Waals surface area contributed by atoms with Crippen LogP contribution in [0.25, 0.3) is 0 Å². The van der Waals surface area contributed by atoms with Crippen LogP contribution in [-0.4, -0.2) is 48.2 Å². The Balaban J connectivity index is 1.78.